The normalized spacial score (nSPS) is 18.6. The van der Waals surface area contributed by atoms with Crippen LogP contribution < -0.4 is 15.4 Å². The molecule has 3 aromatic rings. The summed E-state index contributed by atoms with van der Waals surface area (Å²) in [7, 11) is 0. The van der Waals surface area contributed by atoms with Crippen molar-refractivity contribution in [3.05, 3.63) is 110 Å². The molecule has 2 heterocycles. The summed E-state index contributed by atoms with van der Waals surface area (Å²) < 4.78 is 7.08. The number of aromatic nitrogens is 1. The molecule has 39 heavy (non-hydrogen) atoms. The van der Waals surface area contributed by atoms with Crippen LogP contribution in [0.1, 0.15) is 54.9 Å². The van der Waals surface area contributed by atoms with Gasteiger partial charge in [0.1, 0.15) is 18.2 Å². The molecule has 198 valence electrons. The van der Waals surface area contributed by atoms with E-state index in [-0.39, 0.29) is 11.2 Å². The standard InChI is InChI=1S/C32H31BrN4O2/c1-19-12-20(2)25(13-21(19)18-39-24-9-7-22(33)8-10-24)29-26(16-34)31(35)37(23-6-5-11-36-17-23)27-14-32(3,4)15-28(38)30(27)29/h5-13,17,29H,14-15,18,35H2,1-4H3. The molecule has 1 aliphatic carbocycles. The number of anilines is 1. The maximum absolute atomic E-state index is 13.9. The van der Waals surface area contributed by atoms with Gasteiger partial charge in [0.15, 0.2) is 5.78 Å². The summed E-state index contributed by atoms with van der Waals surface area (Å²) in [5.74, 6) is 0.606. The van der Waals surface area contributed by atoms with Crippen LogP contribution in [0.5, 0.6) is 5.75 Å². The van der Waals surface area contributed by atoms with Gasteiger partial charge in [0.2, 0.25) is 0 Å². The van der Waals surface area contributed by atoms with Crippen LogP contribution in [0.4, 0.5) is 5.69 Å². The number of halogens is 1. The first-order valence-corrected chi connectivity index (χ1v) is 13.7. The van der Waals surface area contributed by atoms with Gasteiger partial charge in [0.05, 0.1) is 29.4 Å². The number of allylic oxidation sites excluding steroid dienone is 3. The molecule has 0 spiro atoms. The summed E-state index contributed by atoms with van der Waals surface area (Å²) >= 11 is 3.46. The summed E-state index contributed by atoms with van der Waals surface area (Å²) in [4.78, 5) is 20.0. The number of benzene rings is 2. The van der Waals surface area contributed by atoms with Crippen LogP contribution in [0.2, 0.25) is 0 Å². The molecule has 7 heteroatoms. The number of nitrogens with zero attached hydrogens (tertiary/aromatic N) is 3. The summed E-state index contributed by atoms with van der Waals surface area (Å²) in [5.41, 5.74) is 13.1. The van der Waals surface area contributed by atoms with Gasteiger partial charge in [-0.3, -0.25) is 14.7 Å². The van der Waals surface area contributed by atoms with Gasteiger partial charge < -0.3 is 10.5 Å². The quantitative estimate of drug-likeness (QED) is 0.349. The molecule has 0 fully saturated rings. The number of pyridine rings is 1. The molecule has 1 aliphatic heterocycles. The van der Waals surface area contributed by atoms with Crippen LogP contribution in [-0.4, -0.2) is 10.8 Å². The monoisotopic (exact) mass is 582 g/mol. The number of nitrogens with two attached hydrogens (primary N) is 1. The van der Waals surface area contributed by atoms with Crippen LogP contribution in [0, 0.1) is 30.6 Å². The lowest BCUT2D eigenvalue weighted by molar-refractivity contribution is -0.118. The van der Waals surface area contributed by atoms with E-state index < -0.39 is 5.92 Å². The first kappa shape index (κ1) is 26.7. The fourth-order valence-corrected chi connectivity index (χ4v) is 5.94. The SMILES string of the molecule is Cc1cc(C)c(C2C(C#N)=C(N)N(c3cccnc3)C3=C2C(=O)CC(C)(C)C3)cc1COc1ccc(Br)cc1. The van der Waals surface area contributed by atoms with Crippen molar-refractivity contribution in [2.75, 3.05) is 4.90 Å². The van der Waals surface area contributed by atoms with E-state index in [1.165, 1.54) is 0 Å². The largest absolute Gasteiger partial charge is 0.489 e. The molecule has 2 aromatic carbocycles. The number of nitriles is 1. The van der Waals surface area contributed by atoms with Gasteiger partial charge in [-0.2, -0.15) is 5.26 Å². The highest BCUT2D eigenvalue weighted by molar-refractivity contribution is 9.10. The number of hydrogen-bond donors (Lipinski definition) is 1. The average Bonchev–Trinajstić information content (AvgIpc) is 2.88. The molecule has 2 N–H and O–H groups in total. The van der Waals surface area contributed by atoms with Crippen molar-refractivity contribution in [3.63, 3.8) is 0 Å². The predicted molar refractivity (Wildman–Crippen MR) is 156 cm³/mol. The Morgan fingerprint density at radius 2 is 1.90 bits per heavy atom. The Labute approximate surface area is 237 Å². The van der Waals surface area contributed by atoms with Crippen molar-refractivity contribution in [2.24, 2.45) is 11.1 Å². The van der Waals surface area contributed by atoms with E-state index in [9.17, 15) is 10.1 Å². The highest BCUT2D eigenvalue weighted by Gasteiger charge is 2.45. The lowest BCUT2D eigenvalue weighted by Crippen LogP contribution is -2.42. The third-order valence-corrected chi connectivity index (χ3v) is 8.06. The lowest BCUT2D eigenvalue weighted by Gasteiger charge is -2.44. The maximum atomic E-state index is 13.9. The van der Waals surface area contributed by atoms with E-state index in [0.29, 0.717) is 36.4 Å². The Hall–Kier alpha value is -3.89. The number of aryl methyl sites for hydroxylation is 2. The fraction of sp³-hybridized carbons (Fsp3) is 0.281. The summed E-state index contributed by atoms with van der Waals surface area (Å²) in [6.45, 7) is 8.64. The highest BCUT2D eigenvalue weighted by Crippen LogP contribution is 2.50. The molecule has 0 saturated heterocycles. The number of hydrogen-bond acceptors (Lipinski definition) is 6. The van der Waals surface area contributed by atoms with Crippen molar-refractivity contribution in [1.29, 1.82) is 5.26 Å². The van der Waals surface area contributed by atoms with Gasteiger partial charge >= 0.3 is 0 Å². The van der Waals surface area contributed by atoms with Crippen LogP contribution in [-0.2, 0) is 11.4 Å². The van der Waals surface area contributed by atoms with Gasteiger partial charge in [-0.15, -0.1) is 0 Å². The van der Waals surface area contributed by atoms with Gasteiger partial charge in [-0.05, 0) is 84.3 Å². The van der Waals surface area contributed by atoms with Gasteiger partial charge in [0, 0.05) is 28.4 Å². The molecule has 6 nitrogen and oxygen atoms in total. The van der Waals surface area contributed by atoms with Crippen LogP contribution in [0.15, 0.2) is 88.1 Å². The molecule has 0 bridgehead atoms. The number of Topliss-reactive ketones (excluding diaryl/α,β-unsaturated/α-hetero) is 1. The smallest absolute Gasteiger partial charge is 0.162 e. The fourth-order valence-electron chi connectivity index (χ4n) is 5.68. The zero-order chi connectivity index (χ0) is 27.9. The second kappa shape index (κ2) is 10.3. The van der Waals surface area contributed by atoms with Crippen molar-refractivity contribution >= 4 is 27.4 Å². The average molecular weight is 584 g/mol. The van der Waals surface area contributed by atoms with Gasteiger partial charge in [0.25, 0.3) is 0 Å². The number of ether oxygens (including phenoxy) is 1. The summed E-state index contributed by atoms with van der Waals surface area (Å²) in [6, 6.07) is 18.0. The first-order valence-electron chi connectivity index (χ1n) is 12.9. The van der Waals surface area contributed by atoms with Crippen LogP contribution in [0.3, 0.4) is 0 Å². The van der Waals surface area contributed by atoms with Crippen LogP contribution in [0.25, 0.3) is 0 Å². The number of rotatable bonds is 5. The van der Waals surface area contributed by atoms with Gasteiger partial charge in [-0.25, -0.2) is 0 Å². The molecule has 1 unspecified atom stereocenters. The number of carbonyl (C=O) groups is 1. The molecule has 1 atom stereocenters. The molecule has 0 amide bonds. The van der Waals surface area contributed by atoms with E-state index in [4.69, 9.17) is 10.5 Å². The van der Waals surface area contributed by atoms with Crippen molar-refractivity contribution < 1.29 is 9.53 Å². The topological polar surface area (TPSA) is 92.2 Å². The van der Waals surface area contributed by atoms with Crippen molar-refractivity contribution in [2.45, 2.75) is 53.1 Å². The Morgan fingerprint density at radius 3 is 2.56 bits per heavy atom. The molecule has 1 aromatic heterocycles. The minimum atomic E-state index is -0.548. The minimum absolute atomic E-state index is 0.0491. The molecule has 5 rings (SSSR count). The highest BCUT2D eigenvalue weighted by atomic mass is 79.9. The Morgan fingerprint density at radius 1 is 1.15 bits per heavy atom. The number of carbonyl (C=O) groups excluding carboxylic acids is 1. The Kier molecular flexibility index (Phi) is 7.09. The molecule has 0 radical (unpaired) electrons. The molecule has 2 aliphatic rings. The van der Waals surface area contributed by atoms with Crippen molar-refractivity contribution in [3.8, 4) is 11.8 Å². The molecular weight excluding hydrogens is 552 g/mol. The van der Waals surface area contributed by atoms with Crippen LogP contribution >= 0.6 is 15.9 Å². The third kappa shape index (κ3) is 5.09. The Bertz CT molecular complexity index is 1550. The zero-order valence-corrected chi connectivity index (χ0v) is 24.2. The molecule has 0 saturated carbocycles. The first-order chi connectivity index (χ1) is 18.6. The Balaban J connectivity index is 1.65. The van der Waals surface area contributed by atoms with E-state index in [0.717, 1.165) is 43.9 Å². The second-order valence-electron chi connectivity index (χ2n) is 11.1. The van der Waals surface area contributed by atoms with E-state index in [2.05, 4.69) is 59.9 Å². The van der Waals surface area contributed by atoms with E-state index in [1.54, 1.807) is 12.4 Å². The molecular formula is C32H31BrN4O2. The summed E-state index contributed by atoms with van der Waals surface area (Å²) in [6.07, 6.45) is 4.48. The predicted octanol–water partition coefficient (Wildman–Crippen LogP) is 6.98. The zero-order valence-electron chi connectivity index (χ0n) is 22.6. The lowest BCUT2D eigenvalue weighted by atomic mass is 9.68. The van der Waals surface area contributed by atoms with E-state index in [1.807, 2.05) is 48.2 Å². The maximum Gasteiger partial charge on any atom is 0.162 e. The van der Waals surface area contributed by atoms with Crippen molar-refractivity contribution in [1.82, 2.24) is 4.98 Å². The van der Waals surface area contributed by atoms with Gasteiger partial charge in [-0.1, -0.05) is 41.9 Å². The van der Waals surface area contributed by atoms with E-state index >= 15 is 0 Å². The minimum Gasteiger partial charge on any atom is -0.489 e. The number of ketones is 1. The second-order valence-corrected chi connectivity index (χ2v) is 12.0. The summed E-state index contributed by atoms with van der Waals surface area (Å²) in [5, 5.41) is 10.4. The third-order valence-electron chi connectivity index (χ3n) is 7.53.